The average Bonchev–Trinajstić information content (AvgIpc) is 2.96. The summed E-state index contributed by atoms with van der Waals surface area (Å²) in [6.45, 7) is 6.69. The van der Waals surface area contributed by atoms with Crippen molar-refractivity contribution in [1.29, 1.82) is 0 Å². The molecule has 4 nitrogen and oxygen atoms in total. The third-order valence-electron chi connectivity index (χ3n) is 5.13. The van der Waals surface area contributed by atoms with Crippen LogP contribution in [0.1, 0.15) is 39.3 Å². The fourth-order valence-corrected chi connectivity index (χ4v) is 3.88. The van der Waals surface area contributed by atoms with E-state index in [9.17, 15) is 4.79 Å². The van der Waals surface area contributed by atoms with Crippen LogP contribution in [-0.4, -0.2) is 22.3 Å². The van der Waals surface area contributed by atoms with Gasteiger partial charge in [-0.25, -0.2) is 4.79 Å². The Hall–Kier alpha value is -1.97. The minimum atomic E-state index is -0.442. The molecular weight excluding hydrogens is 288 g/mol. The van der Waals surface area contributed by atoms with Crippen molar-refractivity contribution in [3.05, 3.63) is 36.0 Å². The van der Waals surface area contributed by atoms with Gasteiger partial charge < -0.3 is 14.6 Å². The number of nitrogens with zero attached hydrogens (tertiary/aromatic N) is 1. The van der Waals surface area contributed by atoms with E-state index in [1.807, 2.05) is 20.8 Å². The largest absolute Gasteiger partial charge is 0.444 e. The first kappa shape index (κ1) is 14.6. The number of rotatable bonds is 1. The molecule has 1 amide bonds. The molecule has 4 heteroatoms. The fourth-order valence-electron chi connectivity index (χ4n) is 3.88. The lowest BCUT2D eigenvalue weighted by molar-refractivity contribution is 0.0513. The molecule has 1 spiro atoms. The minimum absolute atomic E-state index is 0.214. The third kappa shape index (κ3) is 2.60. The maximum absolute atomic E-state index is 12.0. The smallest absolute Gasteiger partial charge is 0.407 e. The van der Waals surface area contributed by atoms with E-state index < -0.39 is 5.60 Å². The molecule has 4 rings (SSSR count). The highest BCUT2D eigenvalue weighted by molar-refractivity contribution is 5.81. The van der Waals surface area contributed by atoms with Crippen LogP contribution < -0.4 is 5.32 Å². The summed E-state index contributed by atoms with van der Waals surface area (Å²) in [5.41, 5.74) is 2.50. The number of hydrogen-bond acceptors (Lipinski definition) is 2. The zero-order valence-corrected chi connectivity index (χ0v) is 14.1. The molecule has 1 N–H and O–H groups in total. The Morgan fingerprint density at radius 3 is 2.91 bits per heavy atom. The Balaban J connectivity index is 1.50. The number of para-hydroxylation sites is 1. The van der Waals surface area contributed by atoms with Crippen LogP contribution in [0.25, 0.3) is 10.9 Å². The highest BCUT2D eigenvalue weighted by Gasteiger charge is 2.56. The summed E-state index contributed by atoms with van der Waals surface area (Å²) < 4.78 is 7.83. The van der Waals surface area contributed by atoms with E-state index >= 15 is 0 Å². The third-order valence-corrected chi connectivity index (χ3v) is 5.13. The molecular formula is C19H24N2O2. The van der Waals surface area contributed by atoms with Gasteiger partial charge in [-0.3, -0.25) is 0 Å². The summed E-state index contributed by atoms with van der Waals surface area (Å²) in [7, 11) is 0. The SMILES string of the molecule is CC(C)(C)OC(=O)N[C@@H]1C[C@@]12CCc1cc3ccccc3n1C2. The van der Waals surface area contributed by atoms with Gasteiger partial charge in [-0.2, -0.15) is 0 Å². The number of carbonyl (C=O) groups is 1. The molecule has 23 heavy (non-hydrogen) atoms. The average molecular weight is 312 g/mol. The number of alkyl carbamates (subject to hydrolysis) is 1. The molecule has 0 unspecified atom stereocenters. The molecule has 0 bridgehead atoms. The maximum Gasteiger partial charge on any atom is 0.407 e. The lowest BCUT2D eigenvalue weighted by Gasteiger charge is -2.27. The van der Waals surface area contributed by atoms with Crippen molar-refractivity contribution in [2.75, 3.05) is 0 Å². The number of aryl methyl sites for hydroxylation is 1. The lowest BCUT2D eigenvalue weighted by atomic mass is 9.94. The number of amides is 1. The van der Waals surface area contributed by atoms with Gasteiger partial charge in [0.1, 0.15) is 5.60 Å². The van der Waals surface area contributed by atoms with Crippen molar-refractivity contribution in [3.8, 4) is 0 Å². The van der Waals surface area contributed by atoms with Crippen LogP contribution >= 0.6 is 0 Å². The first-order valence-corrected chi connectivity index (χ1v) is 8.43. The molecule has 2 aliphatic rings. The van der Waals surface area contributed by atoms with Gasteiger partial charge in [0.25, 0.3) is 0 Å². The lowest BCUT2D eigenvalue weighted by Crippen LogP contribution is -2.37. The normalized spacial score (nSPS) is 26.1. The molecule has 2 heterocycles. The van der Waals surface area contributed by atoms with Crippen LogP contribution in [0.5, 0.6) is 0 Å². The van der Waals surface area contributed by atoms with E-state index in [2.05, 4.69) is 40.2 Å². The van der Waals surface area contributed by atoms with Crippen LogP contribution in [0.15, 0.2) is 30.3 Å². The van der Waals surface area contributed by atoms with Gasteiger partial charge in [-0.15, -0.1) is 0 Å². The molecule has 1 aliphatic carbocycles. The predicted octanol–water partition coefficient (Wildman–Crippen LogP) is 3.87. The highest BCUT2D eigenvalue weighted by Crippen LogP contribution is 2.54. The Morgan fingerprint density at radius 1 is 1.35 bits per heavy atom. The monoisotopic (exact) mass is 312 g/mol. The van der Waals surface area contributed by atoms with E-state index in [1.165, 1.54) is 16.6 Å². The Labute approximate surface area is 136 Å². The molecule has 0 saturated heterocycles. The summed E-state index contributed by atoms with van der Waals surface area (Å²) in [6.07, 6.45) is 2.99. The van der Waals surface area contributed by atoms with E-state index in [1.54, 1.807) is 0 Å². The van der Waals surface area contributed by atoms with E-state index in [0.29, 0.717) is 0 Å². The van der Waals surface area contributed by atoms with Crippen molar-refractivity contribution in [2.45, 2.75) is 58.2 Å². The number of ether oxygens (including phenoxy) is 1. The molecule has 2 aromatic rings. The van der Waals surface area contributed by atoms with Gasteiger partial charge in [0.15, 0.2) is 0 Å². The molecule has 2 atom stereocenters. The molecule has 0 radical (unpaired) electrons. The van der Waals surface area contributed by atoms with Crippen LogP contribution in [0, 0.1) is 5.41 Å². The topological polar surface area (TPSA) is 43.3 Å². The second-order valence-electron chi connectivity index (χ2n) is 8.05. The fraction of sp³-hybridized carbons (Fsp3) is 0.526. The number of hydrogen-bond donors (Lipinski definition) is 1. The summed E-state index contributed by atoms with van der Waals surface area (Å²) >= 11 is 0. The van der Waals surface area contributed by atoms with Gasteiger partial charge >= 0.3 is 6.09 Å². The van der Waals surface area contributed by atoms with Gasteiger partial charge in [0.2, 0.25) is 0 Å². The number of aromatic nitrogens is 1. The van der Waals surface area contributed by atoms with Crippen LogP contribution in [0.3, 0.4) is 0 Å². The molecule has 1 saturated carbocycles. The zero-order chi connectivity index (χ0) is 16.2. The van der Waals surface area contributed by atoms with E-state index in [0.717, 1.165) is 25.8 Å². The summed E-state index contributed by atoms with van der Waals surface area (Å²) in [5, 5.41) is 4.38. The minimum Gasteiger partial charge on any atom is -0.444 e. The Morgan fingerprint density at radius 2 is 2.13 bits per heavy atom. The summed E-state index contributed by atoms with van der Waals surface area (Å²) in [5.74, 6) is 0. The van der Waals surface area contributed by atoms with Crippen molar-refractivity contribution >= 4 is 17.0 Å². The van der Waals surface area contributed by atoms with E-state index in [4.69, 9.17) is 4.74 Å². The number of nitrogens with one attached hydrogen (secondary N) is 1. The van der Waals surface area contributed by atoms with Crippen molar-refractivity contribution in [3.63, 3.8) is 0 Å². The van der Waals surface area contributed by atoms with Crippen LogP contribution in [0.4, 0.5) is 4.79 Å². The summed E-state index contributed by atoms with van der Waals surface area (Å²) in [4.78, 5) is 12.0. The Kier molecular flexibility index (Phi) is 3.03. The number of carbonyl (C=O) groups excluding carboxylic acids is 1. The van der Waals surface area contributed by atoms with Crippen molar-refractivity contribution in [2.24, 2.45) is 5.41 Å². The van der Waals surface area contributed by atoms with Crippen molar-refractivity contribution in [1.82, 2.24) is 9.88 Å². The van der Waals surface area contributed by atoms with Crippen LogP contribution in [-0.2, 0) is 17.7 Å². The second kappa shape index (κ2) is 4.76. The first-order valence-electron chi connectivity index (χ1n) is 8.43. The van der Waals surface area contributed by atoms with E-state index in [-0.39, 0.29) is 17.6 Å². The second-order valence-corrected chi connectivity index (χ2v) is 8.05. The van der Waals surface area contributed by atoms with Gasteiger partial charge in [0, 0.05) is 29.2 Å². The Bertz CT molecular complexity index is 771. The zero-order valence-electron chi connectivity index (χ0n) is 14.1. The highest BCUT2D eigenvalue weighted by atomic mass is 16.6. The van der Waals surface area contributed by atoms with Crippen LogP contribution in [0.2, 0.25) is 0 Å². The number of fused-ring (bicyclic) bond motifs is 3. The molecule has 1 aromatic heterocycles. The van der Waals surface area contributed by atoms with Gasteiger partial charge in [-0.05, 0) is 57.6 Å². The number of benzene rings is 1. The molecule has 1 fully saturated rings. The van der Waals surface area contributed by atoms with Gasteiger partial charge in [-0.1, -0.05) is 18.2 Å². The molecule has 122 valence electrons. The van der Waals surface area contributed by atoms with Gasteiger partial charge in [0.05, 0.1) is 0 Å². The predicted molar refractivity (Wildman–Crippen MR) is 90.5 cm³/mol. The first-order chi connectivity index (χ1) is 10.9. The van der Waals surface area contributed by atoms with Crippen molar-refractivity contribution < 1.29 is 9.53 Å². The summed E-state index contributed by atoms with van der Waals surface area (Å²) in [6, 6.07) is 11.1. The maximum atomic E-state index is 12.0. The molecule has 1 aliphatic heterocycles. The standard InChI is InChI=1S/C19H24N2O2/c1-18(2,3)23-17(22)20-16-11-19(16)9-8-14-10-13-6-4-5-7-15(13)21(14)12-19/h4-7,10,16H,8-9,11-12H2,1-3H3,(H,20,22)/t16-,19-/m1/s1. The molecule has 1 aromatic carbocycles. The quantitative estimate of drug-likeness (QED) is 0.868.